The molecule has 1 aliphatic carbocycles. The first-order valence-electron chi connectivity index (χ1n) is 6.73. The van der Waals surface area contributed by atoms with Crippen LogP contribution in [0.2, 0.25) is 0 Å². The van der Waals surface area contributed by atoms with Gasteiger partial charge in [0.2, 0.25) is 0 Å². The van der Waals surface area contributed by atoms with E-state index in [0.29, 0.717) is 0 Å². The summed E-state index contributed by atoms with van der Waals surface area (Å²) in [7, 11) is 0. The number of benzene rings is 1. The van der Waals surface area contributed by atoms with Crippen LogP contribution in [0.4, 0.5) is 0 Å². The van der Waals surface area contributed by atoms with Gasteiger partial charge in [-0.1, -0.05) is 38.3 Å². The van der Waals surface area contributed by atoms with Gasteiger partial charge in [0.25, 0.3) is 0 Å². The maximum absolute atomic E-state index is 3.74. The Labute approximate surface area is 119 Å². The number of rotatable bonds is 3. The molecule has 1 aromatic carbocycles. The SMILES string of the molecule is CC1CCCCCC1NCc1ccc(I)cc1. The van der Waals surface area contributed by atoms with E-state index < -0.39 is 0 Å². The van der Waals surface area contributed by atoms with Crippen LogP contribution < -0.4 is 5.32 Å². The summed E-state index contributed by atoms with van der Waals surface area (Å²) in [5.41, 5.74) is 1.40. The minimum absolute atomic E-state index is 0.719. The molecule has 0 heterocycles. The summed E-state index contributed by atoms with van der Waals surface area (Å²) in [5.74, 6) is 0.835. The molecule has 2 unspecified atom stereocenters. The molecule has 1 aliphatic rings. The van der Waals surface area contributed by atoms with Crippen molar-refractivity contribution in [1.82, 2.24) is 5.32 Å². The van der Waals surface area contributed by atoms with E-state index in [1.165, 1.54) is 41.2 Å². The van der Waals surface area contributed by atoms with Gasteiger partial charge >= 0.3 is 0 Å². The molecule has 0 saturated heterocycles. The molecule has 0 amide bonds. The van der Waals surface area contributed by atoms with E-state index in [2.05, 4.69) is 59.1 Å². The first kappa shape index (κ1) is 13.3. The zero-order valence-electron chi connectivity index (χ0n) is 10.6. The topological polar surface area (TPSA) is 12.0 Å². The fraction of sp³-hybridized carbons (Fsp3) is 0.600. The van der Waals surface area contributed by atoms with Crippen molar-refractivity contribution in [2.75, 3.05) is 0 Å². The molecule has 0 aromatic heterocycles. The number of nitrogens with one attached hydrogen (secondary N) is 1. The van der Waals surface area contributed by atoms with Crippen molar-refractivity contribution in [2.45, 2.75) is 51.6 Å². The normalized spacial score (nSPS) is 25.5. The zero-order chi connectivity index (χ0) is 12.1. The van der Waals surface area contributed by atoms with Crippen molar-refractivity contribution in [3.8, 4) is 0 Å². The molecule has 17 heavy (non-hydrogen) atoms. The van der Waals surface area contributed by atoms with Gasteiger partial charge in [0, 0.05) is 16.2 Å². The lowest BCUT2D eigenvalue weighted by atomic mass is 9.97. The van der Waals surface area contributed by atoms with Crippen molar-refractivity contribution in [3.63, 3.8) is 0 Å². The third-order valence-corrected chi connectivity index (χ3v) is 4.56. The van der Waals surface area contributed by atoms with Crippen molar-refractivity contribution in [1.29, 1.82) is 0 Å². The van der Waals surface area contributed by atoms with Crippen LogP contribution in [0.25, 0.3) is 0 Å². The molecule has 2 atom stereocenters. The smallest absolute Gasteiger partial charge is 0.0208 e. The minimum atomic E-state index is 0.719. The quantitative estimate of drug-likeness (QED) is 0.636. The molecule has 1 N–H and O–H groups in total. The summed E-state index contributed by atoms with van der Waals surface area (Å²) in [6.07, 6.45) is 6.99. The highest BCUT2D eigenvalue weighted by Gasteiger charge is 2.18. The second kappa shape index (κ2) is 6.74. The molecule has 2 rings (SSSR count). The lowest BCUT2D eigenvalue weighted by Crippen LogP contribution is -2.33. The molecule has 2 heteroatoms. The van der Waals surface area contributed by atoms with Crippen molar-refractivity contribution in [2.24, 2.45) is 5.92 Å². The predicted octanol–water partition coefficient (Wildman–Crippen LogP) is 4.35. The Bertz CT molecular complexity index is 333. The summed E-state index contributed by atoms with van der Waals surface area (Å²) >= 11 is 2.36. The third-order valence-electron chi connectivity index (χ3n) is 3.84. The van der Waals surface area contributed by atoms with Gasteiger partial charge in [-0.15, -0.1) is 0 Å². The Hall–Kier alpha value is -0.0900. The third kappa shape index (κ3) is 4.25. The van der Waals surface area contributed by atoms with Gasteiger partial charge < -0.3 is 5.32 Å². The van der Waals surface area contributed by atoms with Gasteiger partial charge in [-0.25, -0.2) is 0 Å². The van der Waals surface area contributed by atoms with Crippen molar-refractivity contribution in [3.05, 3.63) is 33.4 Å². The Kier molecular flexibility index (Phi) is 5.29. The van der Waals surface area contributed by atoms with E-state index >= 15 is 0 Å². The van der Waals surface area contributed by atoms with E-state index in [1.54, 1.807) is 0 Å². The monoisotopic (exact) mass is 343 g/mol. The molecule has 0 aliphatic heterocycles. The van der Waals surface area contributed by atoms with E-state index in [9.17, 15) is 0 Å². The van der Waals surface area contributed by atoms with Crippen LogP contribution in [0.5, 0.6) is 0 Å². The van der Waals surface area contributed by atoms with Crippen LogP contribution in [0, 0.1) is 9.49 Å². The van der Waals surface area contributed by atoms with Crippen LogP contribution >= 0.6 is 22.6 Å². The average Bonchev–Trinajstić information content (AvgIpc) is 2.54. The van der Waals surface area contributed by atoms with Crippen molar-refractivity contribution < 1.29 is 0 Å². The van der Waals surface area contributed by atoms with E-state index in [-0.39, 0.29) is 0 Å². The Morgan fingerprint density at radius 3 is 2.59 bits per heavy atom. The molecule has 1 aromatic rings. The second-order valence-corrected chi connectivity index (χ2v) is 6.47. The summed E-state index contributed by atoms with van der Waals surface area (Å²) in [6, 6.07) is 9.56. The molecular weight excluding hydrogens is 321 g/mol. The van der Waals surface area contributed by atoms with Gasteiger partial charge in [0.15, 0.2) is 0 Å². The molecule has 1 saturated carbocycles. The molecule has 1 nitrogen and oxygen atoms in total. The molecular formula is C15H22IN. The fourth-order valence-corrected chi connectivity index (χ4v) is 3.01. The van der Waals surface area contributed by atoms with E-state index in [1.807, 2.05) is 0 Å². The van der Waals surface area contributed by atoms with E-state index in [0.717, 1.165) is 18.5 Å². The van der Waals surface area contributed by atoms with Gasteiger partial charge in [-0.3, -0.25) is 0 Å². The van der Waals surface area contributed by atoms with Gasteiger partial charge in [0.1, 0.15) is 0 Å². The highest BCUT2D eigenvalue weighted by molar-refractivity contribution is 14.1. The van der Waals surface area contributed by atoms with E-state index in [4.69, 9.17) is 0 Å². The standard InChI is InChI=1S/C15H22IN/c1-12-5-3-2-4-6-15(12)17-11-13-7-9-14(16)10-8-13/h7-10,12,15,17H,2-6,11H2,1H3. The first-order chi connectivity index (χ1) is 8.25. The highest BCUT2D eigenvalue weighted by atomic mass is 127. The minimum Gasteiger partial charge on any atom is -0.310 e. The second-order valence-electron chi connectivity index (χ2n) is 5.23. The maximum atomic E-state index is 3.74. The van der Waals surface area contributed by atoms with Crippen LogP contribution in [-0.4, -0.2) is 6.04 Å². The van der Waals surface area contributed by atoms with Crippen LogP contribution in [0.15, 0.2) is 24.3 Å². The van der Waals surface area contributed by atoms with Crippen molar-refractivity contribution >= 4 is 22.6 Å². The molecule has 0 bridgehead atoms. The van der Waals surface area contributed by atoms with Gasteiger partial charge in [-0.2, -0.15) is 0 Å². The first-order valence-corrected chi connectivity index (χ1v) is 7.81. The molecule has 0 spiro atoms. The summed E-state index contributed by atoms with van der Waals surface area (Å²) in [5, 5.41) is 3.74. The van der Waals surface area contributed by atoms with Crippen LogP contribution in [-0.2, 0) is 6.54 Å². The van der Waals surface area contributed by atoms with Crippen LogP contribution in [0.3, 0.4) is 0 Å². The number of hydrogen-bond donors (Lipinski definition) is 1. The largest absolute Gasteiger partial charge is 0.310 e. The summed E-state index contributed by atoms with van der Waals surface area (Å²) in [6.45, 7) is 3.42. The van der Waals surface area contributed by atoms with Gasteiger partial charge in [0.05, 0.1) is 0 Å². The molecule has 94 valence electrons. The van der Waals surface area contributed by atoms with Gasteiger partial charge in [-0.05, 0) is 59.0 Å². The Morgan fingerprint density at radius 1 is 1.12 bits per heavy atom. The fourth-order valence-electron chi connectivity index (χ4n) is 2.65. The summed E-state index contributed by atoms with van der Waals surface area (Å²) in [4.78, 5) is 0. The Balaban J connectivity index is 1.85. The lowest BCUT2D eigenvalue weighted by molar-refractivity contribution is 0.356. The predicted molar refractivity (Wildman–Crippen MR) is 82.0 cm³/mol. The Morgan fingerprint density at radius 2 is 1.82 bits per heavy atom. The number of hydrogen-bond acceptors (Lipinski definition) is 1. The molecule has 1 fully saturated rings. The number of halogens is 1. The highest BCUT2D eigenvalue weighted by Crippen LogP contribution is 2.23. The van der Waals surface area contributed by atoms with Crippen LogP contribution in [0.1, 0.15) is 44.6 Å². The molecule has 0 radical (unpaired) electrons. The summed E-state index contributed by atoms with van der Waals surface area (Å²) < 4.78 is 1.31. The zero-order valence-corrected chi connectivity index (χ0v) is 12.7. The maximum Gasteiger partial charge on any atom is 0.0208 e. The lowest BCUT2D eigenvalue weighted by Gasteiger charge is -2.23. The average molecular weight is 343 g/mol.